The number of aliphatic hydroxyl groups is 1. The minimum atomic E-state index is -1.16. The van der Waals surface area contributed by atoms with Crippen LogP contribution in [0.5, 0.6) is 0 Å². The zero-order valence-corrected chi connectivity index (χ0v) is 22.2. The predicted octanol–water partition coefficient (Wildman–Crippen LogP) is 6.65. The smallest absolute Gasteiger partial charge is 0.313 e. The highest BCUT2D eigenvalue weighted by molar-refractivity contribution is 5.79. The zero-order chi connectivity index (χ0) is 28.6. The first-order valence-electron chi connectivity index (χ1n) is 13.0. The van der Waals surface area contributed by atoms with Gasteiger partial charge >= 0.3 is 11.9 Å². The molecule has 0 bridgehead atoms. The third-order valence-electron chi connectivity index (χ3n) is 6.75. The molecule has 0 amide bonds. The van der Waals surface area contributed by atoms with Gasteiger partial charge in [-0.3, -0.25) is 9.59 Å². The van der Waals surface area contributed by atoms with E-state index in [-0.39, 0.29) is 11.1 Å². The van der Waals surface area contributed by atoms with Gasteiger partial charge in [0.1, 0.15) is 18.2 Å². The number of aliphatic hydroxyl groups excluding tert-OH is 1. The zero-order valence-electron chi connectivity index (χ0n) is 22.2. The first kappa shape index (κ1) is 28.6. The van der Waals surface area contributed by atoms with E-state index >= 15 is 0 Å². The van der Waals surface area contributed by atoms with Crippen molar-refractivity contribution in [1.82, 2.24) is 0 Å². The summed E-state index contributed by atoms with van der Waals surface area (Å²) < 4.78 is 40.2. The van der Waals surface area contributed by atoms with Gasteiger partial charge in [0.25, 0.3) is 0 Å². The molecule has 4 aromatic carbocycles. The highest BCUT2D eigenvalue weighted by Gasteiger charge is 2.26. The highest BCUT2D eigenvalue weighted by atomic mass is 19.1. The van der Waals surface area contributed by atoms with Crippen LogP contribution in [0.25, 0.3) is 22.3 Å². The minimum absolute atomic E-state index is 0.140. The molecule has 4 rings (SSSR count). The third-order valence-corrected chi connectivity index (χ3v) is 6.75. The van der Waals surface area contributed by atoms with Crippen molar-refractivity contribution < 1.29 is 33.0 Å². The van der Waals surface area contributed by atoms with Gasteiger partial charge in [-0.15, -0.1) is 0 Å². The van der Waals surface area contributed by atoms with Gasteiger partial charge in [0.2, 0.25) is 0 Å². The van der Waals surface area contributed by atoms with Crippen molar-refractivity contribution in [1.29, 1.82) is 0 Å². The van der Waals surface area contributed by atoms with Crippen LogP contribution in [0.15, 0.2) is 97.1 Å². The maximum atomic E-state index is 14.9. The lowest BCUT2D eigenvalue weighted by molar-refractivity contribution is -0.163. The van der Waals surface area contributed by atoms with Crippen LogP contribution in [0, 0.1) is 11.6 Å². The molecule has 5 nitrogen and oxygen atoms in total. The summed E-state index contributed by atoms with van der Waals surface area (Å²) in [6, 6.07) is 27.8. The van der Waals surface area contributed by atoms with Gasteiger partial charge in [0.05, 0.1) is 18.4 Å². The van der Waals surface area contributed by atoms with Crippen LogP contribution in [0.1, 0.15) is 36.8 Å². The van der Waals surface area contributed by atoms with Gasteiger partial charge in [0, 0.05) is 11.1 Å². The Hall–Kier alpha value is -4.36. The maximum Gasteiger partial charge on any atom is 0.313 e. The monoisotopic (exact) mass is 544 g/mol. The summed E-state index contributed by atoms with van der Waals surface area (Å²) in [7, 11) is 0. The average molecular weight is 545 g/mol. The summed E-state index contributed by atoms with van der Waals surface area (Å²) in [5.74, 6) is -4.53. The van der Waals surface area contributed by atoms with Crippen molar-refractivity contribution >= 4 is 11.9 Å². The fourth-order valence-electron chi connectivity index (χ4n) is 4.32. The second kappa shape index (κ2) is 13.1. The molecule has 7 heteroatoms. The normalized spacial score (nSPS) is 13.2. The Morgan fingerprint density at radius 2 is 1.12 bits per heavy atom. The number of hydrogen-bond acceptors (Lipinski definition) is 5. The molecule has 0 heterocycles. The molecule has 3 unspecified atom stereocenters. The first-order valence-corrected chi connectivity index (χ1v) is 13.0. The number of ether oxygens (including phenoxy) is 2. The van der Waals surface area contributed by atoms with Crippen molar-refractivity contribution in [2.45, 2.75) is 31.8 Å². The van der Waals surface area contributed by atoms with Crippen LogP contribution in [0.3, 0.4) is 0 Å². The molecule has 0 aliphatic heterocycles. The number of hydrogen-bond donors (Lipinski definition) is 1. The SMILES string of the molecule is CC(C(=O)OCC(CO)OC(=O)C(C)c1ccc(-c2ccccc2)cc1F)c1ccc(-c2ccccc2)cc1F. The molecule has 0 fully saturated rings. The van der Waals surface area contributed by atoms with Gasteiger partial charge in [-0.1, -0.05) is 84.9 Å². The molecular formula is C33H30F2O5. The number of carbonyl (C=O) groups excluding carboxylic acids is 2. The fourth-order valence-corrected chi connectivity index (χ4v) is 4.32. The molecule has 206 valence electrons. The molecule has 4 aromatic rings. The Morgan fingerprint density at radius 1 is 0.675 bits per heavy atom. The Kier molecular flexibility index (Phi) is 9.40. The van der Waals surface area contributed by atoms with E-state index in [2.05, 4.69) is 0 Å². The second-order valence-corrected chi connectivity index (χ2v) is 9.52. The topological polar surface area (TPSA) is 72.8 Å². The average Bonchev–Trinajstić information content (AvgIpc) is 2.99. The molecular weight excluding hydrogens is 514 g/mol. The lowest BCUT2D eigenvalue weighted by Gasteiger charge is -2.20. The van der Waals surface area contributed by atoms with Crippen LogP contribution in [-0.4, -0.2) is 36.4 Å². The molecule has 1 N–H and O–H groups in total. The maximum absolute atomic E-state index is 14.9. The van der Waals surface area contributed by atoms with E-state index in [0.29, 0.717) is 11.1 Å². The number of benzene rings is 4. The number of esters is 2. The Bertz CT molecular complexity index is 1460. The fraction of sp³-hybridized carbons (Fsp3) is 0.212. The van der Waals surface area contributed by atoms with Crippen LogP contribution in [-0.2, 0) is 19.1 Å². The minimum Gasteiger partial charge on any atom is -0.461 e. The Labute approximate surface area is 232 Å². The van der Waals surface area contributed by atoms with Gasteiger partial charge in [-0.25, -0.2) is 8.78 Å². The molecule has 0 radical (unpaired) electrons. The molecule has 0 aromatic heterocycles. The summed E-state index contributed by atoms with van der Waals surface area (Å²) in [5, 5.41) is 9.69. The van der Waals surface area contributed by atoms with E-state index in [4.69, 9.17) is 9.47 Å². The third kappa shape index (κ3) is 6.79. The molecule has 0 spiro atoms. The summed E-state index contributed by atoms with van der Waals surface area (Å²) in [6.45, 7) is 1.95. The van der Waals surface area contributed by atoms with Crippen molar-refractivity contribution in [2.24, 2.45) is 0 Å². The van der Waals surface area contributed by atoms with Crippen LogP contribution < -0.4 is 0 Å². The summed E-state index contributed by atoms with van der Waals surface area (Å²) >= 11 is 0. The lowest BCUT2D eigenvalue weighted by Crippen LogP contribution is -2.31. The first-order chi connectivity index (χ1) is 19.3. The van der Waals surface area contributed by atoms with Crippen molar-refractivity contribution in [2.75, 3.05) is 13.2 Å². The van der Waals surface area contributed by atoms with Crippen molar-refractivity contribution in [3.05, 3.63) is 120 Å². The summed E-state index contributed by atoms with van der Waals surface area (Å²) in [6.07, 6.45) is -1.16. The van der Waals surface area contributed by atoms with Crippen molar-refractivity contribution in [3.63, 3.8) is 0 Å². The highest BCUT2D eigenvalue weighted by Crippen LogP contribution is 2.28. The number of carbonyl (C=O) groups is 2. The van der Waals surface area contributed by atoms with E-state index in [1.807, 2.05) is 60.7 Å². The van der Waals surface area contributed by atoms with E-state index in [1.54, 1.807) is 12.1 Å². The summed E-state index contributed by atoms with van der Waals surface area (Å²) in [5.41, 5.74) is 3.33. The Balaban J connectivity index is 1.34. The quantitative estimate of drug-likeness (QED) is 0.226. The van der Waals surface area contributed by atoms with Crippen LogP contribution in [0.4, 0.5) is 8.78 Å². The Morgan fingerprint density at radius 3 is 1.55 bits per heavy atom. The largest absolute Gasteiger partial charge is 0.461 e. The van der Waals surface area contributed by atoms with Crippen LogP contribution in [0.2, 0.25) is 0 Å². The molecule has 3 atom stereocenters. The van der Waals surface area contributed by atoms with Gasteiger partial charge < -0.3 is 14.6 Å². The van der Waals surface area contributed by atoms with E-state index in [1.165, 1.54) is 38.1 Å². The molecule has 0 aliphatic carbocycles. The molecule has 0 saturated heterocycles. The van der Waals surface area contributed by atoms with E-state index < -0.39 is 54.7 Å². The molecule has 0 aliphatic rings. The molecule has 0 saturated carbocycles. The standard InChI is InChI=1S/C33H30F2O5/c1-21(28-15-13-25(17-30(28)34)23-9-5-3-6-10-23)32(37)39-20-27(19-36)40-33(38)22(2)29-16-14-26(18-31(29)35)24-11-7-4-8-12-24/h3-18,21-22,27,36H,19-20H2,1-2H3. The lowest BCUT2D eigenvalue weighted by atomic mass is 9.96. The van der Waals surface area contributed by atoms with Gasteiger partial charge in [0.15, 0.2) is 6.10 Å². The van der Waals surface area contributed by atoms with E-state index in [9.17, 15) is 23.5 Å². The summed E-state index contributed by atoms with van der Waals surface area (Å²) in [4.78, 5) is 25.4. The van der Waals surface area contributed by atoms with Gasteiger partial charge in [-0.2, -0.15) is 0 Å². The number of halogens is 2. The van der Waals surface area contributed by atoms with Crippen LogP contribution >= 0.6 is 0 Å². The van der Waals surface area contributed by atoms with E-state index in [0.717, 1.165) is 11.1 Å². The van der Waals surface area contributed by atoms with Crippen molar-refractivity contribution in [3.8, 4) is 22.3 Å². The number of rotatable bonds is 10. The predicted molar refractivity (Wildman–Crippen MR) is 148 cm³/mol. The molecule has 40 heavy (non-hydrogen) atoms. The second-order valence-electron chi connectivity index (χ2n) is 9.52. The van der Waals surface area contributed by atoms with Gasteiger partial charge in [-0.05, 0) is 48.2 Å².